The van der Waals surface area contributed by atoms with Crippen LogP contribution in [0.5, 0.6) is 0 Å². The molecular formula is C11H16Br2OS. The molecule has 1 aromatic heterocycles. The van der Waals surface area contributed by atoms with Crippen molar-refractivity contribution >= 4 is 43.2 Å². The van der Waals surface area contributed by atoms with Gasteiger partial charge >= 0.3 is 0 Å². The summed E-state index contributed by atoms with van der Waals surface area (Å²) >= 11 is 8.47. The summed E-state index contributed by atoms with van der Waals surface area (Å²) < 4.78 is 2.10. The van der Waals surface area contributed by atoms with Crippen molar-refractivity contribution < 1.29 is 5.11 Å². The molecule has 4 heteroatoms. The second kappa shape index (κ2) is 7.05. The van der Waals surface area contributed by atoms with Gasteiger partial charge in [0.15, 0.2) is 0 Å². The van der Waals surface area contributed by atoms with E-state index >= 15 is 0 Å². The van der Waals surface area contributed by atoms with Gasteiger partial charge in [-0.25, -0.2) is 0 Å². The van der Waals surface area contributed by atoms with Gasteiger partial charge in [0.1, 0.15) is 0 Å². The van der Waals surface area contributed by atoms with Crippen molar-refractivity contribution in [3.05, 3.63) is 19.2 Å². The Labute approximate surface area is 112 Å². The Balaban J connectivity index is 2.36. The van der Waals surface area contributed by atoms with E-state index in [4.69, 9.17) is 0 Å². The monoisotopic (exact) mass is 354 g/mol. The molecule has 0 saturated heterocycles. The SMILES string of the molecule is CCCCCCC(O)c1cc(Br)c(Br)s1. The quantitative estimate of drug-likeness (QED) is 0.688. The maximum Gasteiger partial charge on any atom is 0.0882 e. The molecule has 1 rings (SSSR count). The molecule has 1 heterocycles. The first-order valence-corrected chi connectivity index (χ1v) is 7.68. The molecule has 0 spiro atoms. The first-order valence-electron chi connectivity index (χ1n) is 5.28. The van der Waals surface area contributed by atoms with Gasteiger partial charge in [0.2, 0.25) is 0 Å². The lowest BCUT2D eigenvalue weighted by atomic mass is 10.1. The van der Waals surface area contributed by atoms with Crippen LogP contribution in [0.25, 0.3) is 0 Å². The highest BCUT2D eigenvalue weighted by molar-refractivity contribution is 9.13. The fourth-order valence-electron chi connectivity index (χ4n) is 1.43. The predicted molar refractivity (Wildman–Crippen MR) is 73.4 cm³/mol. The molecule has 86 valence electrons. The maximum atomic E-state index is 9.93. The van der Waals surface area contributed by atoms with Gasteiger partial charge in [0.05, 0.1) is 9.89 Å². The van der Waals surface area contributed by atoms with Crippen LogP contribution < -0.4 is 0 Å². The number of hydrogen-bond acceptors (Lipinski definition) is 2. The van der Waals surface area contributed by atoms with Gasteiger partial charge in [0, 0.05) is 9.35 Å². The van der Waals surface area contributed by atoms with Crippen molar-refractivity contribution in [2.75, 3.05) is 0 Å². The molecule has 0 fully saturated rings. The summed E-state index contributed by atoms with van der Waals surface area (Å²) in [6, 6.07) is 2.00. The molecule has 0 aliphatic rings. The maximum absolute atomic E-state index is 9.93. The minimum atomic E-state index is -0.297. The largest absolute Gasteiger partial charge is 0.388 e. The van der Waals surface area contributed by atoms with Gasteiger partial charge in [-0.15, -0.1) is 11.3 Å². The molecule has 1 nitrogen and oxygen atoms in total. The van der Waals surface area contributed by atoms with Gasteiger partial charge < -0.3 is 5.11 Å². The Hall–Kier alpha value is 0.620. The number of rotatable bonds is 6. The summed E-state index contributed by atoms with van der Waals surface area (Å²) in [6.07, 6.45) is 5.42. The Morgan fingerprint density at radius 3 is 2.60 bits per heavy atom. The molecule has 0 aromatic carbocycles. The number of aliphatic hydroxyl groups is 1. The molecule has 0 aliphatic carbocycles. The van der Waals surface area contributed by atoms with Crippen LogP contribution in [0.3, 0.4) is 0 Å². The molecule has 15 heavy (non-hydrogen) atoms. The fourth-order valence-corrected chi connectivity index (χ4v) is 3.54. The van der Waals surface area contributed by atoms with Crippen LogP contribution in [0.1, 0.15) is 50.0 Å². The lowest BCUT2D eigenvalue weighted by Crippen LogP contribution is -1.94. The van der Waals surface area contributed by atoms with E-state index in [1.807, 2.05) is 6.07 Å². The van der Waals surface area contributed by atoms with Gasteiger partial charge in [-0.3, -0.25) is 0 Å². The topological polar surface area (TPSA) is 20.2 Å². The first kappa shape index (κ1) is 13.7. The smallest absolute Gasteiger partial charge is 0.0882 e. The Morgan fingerprint density at radius 2 is 2.07 bits per heavy atom. The second-order valence-electron chi connectivity index (χ2n) is 3.64. The molecule has 1 unspecified atom stereocenters. The molecule has 0 radical (unpaired) electrons. The van der Waals surface area contributed by atoms with E-state index in [0.717, 1.165) is 26.0 Å². The van der Waals surface area contributed by atoms with Crippen LogP contribution in [0.15, 0.2) is 14.3 Å². The van der Waals surface area contributed by atoms with E-state index < -0.39 is 0 Å². The second-order valence-corrected chi connectivity index (χ2v) is 6.89. The number of hydrogen-bond donors (Lipinski definition) is 1. The van der Waals surface area contributed by atoms with E-state index in [1.54, 1.807) is 11.3 Å². The molecule has 1 aromatic rings. The van der Waals surface area contributed by atoms with Crippen LogP contribution in [0, 0.1) is 0 Å². The molecule has 0 amide bonds. The van der Waals surface area contributed by atoms with E-state index in [-0.39, 0.29) is 6.10 Å². The van der Waals surface area contributed by atoms with E-state index in [9.17, 15) is 5.11 Å². The Bertz CT molecular complexity index is 279. The summed E-state index contributed by atoms with van der Waals surface area (Å²) in [7, 11) is 0. The Kier molecular flexibility index (Phi) is 6.43. The molecule has 1 N–H and O–H groups in total. The third-order valence-corrected chi connectivity index (χ3v) is 5.68. The lowest BCUT2D eigenvalue weighted by molar-refractivity contribution is 0.167. The molecule has 0 saturated carbocycles. The molecule has 1 atom stereocenters. The van der Waals surface area contributed by atoms with Gasteiger partial charge in [-0.05, 0) is 44.3 Å². The van der Waals surface area contributed by atoms with Gasteiger partial charge in [0.25, 0.3) is 0 Å². The normalized spacial score (nSPS) is 13.1. The summed E-state index contributed by atoms with van der Waals surface area (Å²) in [5.74, 6) is 0. The summed E-state index contributed by atoms with van der Waals surface area (Å²) in [5, 5.41) is 9.93. The van der Waals surface area contributed by atoms with Crippen molar-refractivity contribution in [2.24, 2.45) is 0 Å². The van der Waals surface area contributed by atoms with Crippen LogP contribution in [0.2, 0.25) is 0 Å². The molecule has 0 bridgehead atoms. The van der Waals surface area contributed by atoms with Crippen molar-refractivity contribution in [3.8, 4) is 0 Å². The van der Waals surface area contributed by atoms with Crippen LogP contribution in [0.4, 0.5) is 0 Å². The zero-order valence-electron chi connectivity index (χ0n) is 8.80. The third kappa shape index (κ3) is 4.55. The van der Waals surface area contributed by atoms with Crippen LogP contribution in [-0.2, 0) is 0 Å². The van der Waals surface area contributed by atoms with E-state index in [2.05, 4.69) is 38.8 Å². The summed E-state index contributed by atoms with van der Waals surface area (Å²) in [4.78, 5) is 1.05. The standard InChI is InChI=1S/C11H16Br2OS/c1-2-3-4-5-6-9(14)10-7-8(12)11(13)15-10/h7,9,14H,2-6H2,1H3. The number of aliphatic hydroxyl groups excluding tert-OH is 1. The number of unbranched alkanes of at least 4 members (excludes halogenated alkanes) is 3. The highest BCUT2D eigenvalue weighted by Gasteiger charge is 2.12. The Morgan fingerprint density at radius 1 is 1.33 bits per heavy atom. The average Bonchev–Trinajstić information content (AvgIpc) is 2.54. The predicted octanol–water partition coefficient (Wildman–Crippen LogP) is 5.28. The number of thiophene rings is 1. The zero-order valence-corrected chi connectivity index (χ0v) is 12.8. The van der Waals surface area contributed by atoms with Gasteiger partial charge in [-0.1, -0.05) is 32.6 Å². The highest BCUT2D eigenvalue weighted by Crippen LogP contribution is 2.36. The minimum absolute atomic E-state index is 0.297. The zero-order chi connectivity index (χ0) is 11.3. The summed E-state index contributed by atoms with van der Waals surface area (Å²) in [6.45, 7) is 2.20. The van der Waals surface area contributed by atoms with Crippen molar-refractivity contribution in [1.82, 2.24) is 0 Å². The number of halogens is 2. The molecule has 0 aliphatic heterocycles. The third-order valence-electron chi connectivity index (χ3n) is 2.32. The summed E-state index contributed by atoms with van der Waals surface area (Å²) in [5.41, 5.74) is 0. The van der Waals surface area contributed by atoms with Crippen molar-refractivity contribution in [1.29, 1.82) is 0 Å². The molecular weight excluding hydrogens is 340 g/mol. The highest BCUT2D eigenvalue weighted by atomic mass is 79.9. The van der Waals surface area contributed by atoms with Crippen LogP contribution in [-0.4, -0.2) is 5.11 Å². The van der Waals surface area contributed by atoms with Crippen LogP contribution >= 0.6 is 43.2 Å². The van der Waals surface area contributed by atoms with E-state index in [1.165, 1.54) is 19.3 Å². The first-order chi connectivity index (χ1) is 7.15. The van der Waals surface area contributed by atoms with Gasteiger partial charge in [-0.2, -0.15) is 0 Å². The minimum Gasteiger partial charge on any atom is -0.388 e. The van der Waals surface area contributed by atoms with Crippen molar-refractivity contribution in [3.63, 3.8) is 0 Å². The van der Waals surface area contributed by atoms with E-state index in [0.29, 0.717) is 0 Å². The lowest BCUT2D eigenvalue weighted by Gasteiger charge is -2.07. The average molecular weight is 356 g/mol. The fraction of sp³-hybridized carbons (Fsp3) is 0.636. The van der Waals surface area contributed by atoms with Crippen molar-refractivity contribution in [2.45, 2.75) is 45.1 Å².